The van der Waals surface area contributed by atoms with Crippen LogP contribution in [0.1, 0.15) is 0 Å². The van der Waals surface area contributed by atoms with Gasteiger partial charge < -0.3 is 8.98 Å². The lowest BCUT2D eigenvalue weighted by Crippen LogP contribution is -2.02. The molecule has 11 nitrogen and oxygen atoms in total. The average molecular weight is 1640 g/mol. The molecular formula is C108H62N10OS4. The largest absolute Gasteiger partial charge is 0.456 e. The normalized spacial score (nSPS) is 12.1. The lowest BCUT2D eigenvalue weighted by atomic mass is 10.1. The Labute approximate surface area is 716 Å². The van der Waals surface area contributed by atoms with Gasteiger partial charge in [-0.3, -0.25) is 13.7 Å². The molecule has 123 heavy (non-hydrogen) atoms. The van der Waals surface area contributed by atoms with E-state index in [1.807, 2.05) is 29.5 Å². The van der Waals surface area contributed by atoms with Gasteiger partial charge in [-0.05, 0) is 103 Å². The minimum absolute atomic E-state index is 0.672. The smallest absolute Gasteiger partial charge is 0.236 e. The summed E-state index contributed by atoms with van der Waals surface area (Å²) in [5.41, 5.74) is 18.0. The highest BCUT2D eigenvalue weighted by molar-refractivity contribution is 7.27. The maximum absolute atomic E-state index is 6.25. The number of hydrogen-bond donors (Lipinski definition) is 0. The van der Waals surface area contributed by atoms with Crippen LogP contribution in [0.4, 0.5) is 0 Å². The molecule has 0 unspecified atom stereocenters. The van der Waals surface area contributed by atoms with Crippen LogP contribution in [0.15, 0.2) is 381 Å². The Hall–Kier alpha value is -15.4. The highest BCUT2D eigenvalue weighted by atomic mass is 32.1. The maximum Gasteiger partial charge on any atom is 0.236 e. The van der Waals surface area contributed by atoms with E-state index in [4.69, 9.17) is 34.3 Å². The van der Waals surface area contributed by atoms with Crippen molar-refractivity contribution >= 4 is 236 Å². The molecule has 0 fully saturated rings. The fourth-order valence-electron chi connectivity index (χ4n) is 18.9. The summed E-state index contributed by atoms with van der Waals surface area (Å²) in [6, 6.07) is 133. The first-order valence-corrected chi connectivity index (χ1v) is 44.2. The first kappa shape index (κ1) is 69.6. The van der Waals surface area contributed by atoms with Gasteiger partial charge in [-0.15, -0.1) is 45.3 Å². The zero-order valence-electron chi connectivity index (χ0n) is 65.3. The average Bonchev–Trinajstić information content (AvgIpc) is 1.57. The number of benzene rings is 16. The lowest BCUT2D eigenvalue weighted by Gasteiger charge is -2.10. The first-order chi connectivity index (χ1) is 61.0. The van der Waals surface area contributed by atoms with Crippen molar-refractivity contribution in [3.63, 3.8) is 0 Å². The summed E-state index contributed by atoms with van der Waals surface area (Å²) in [5, 5.41) is 21.2. The molecule has 0 N–H and O–H groups in total. The monoisotopic (exact) mass is 1640 g/mol. The third kappa shape index (κ3) is 10.9. The molecule has 28 rings (SSSR count). The molecule has 0 aliphatic rings. The van der Waals surface area contributed by atoms with Crippen LogP contribution in [0.2, 0.25) is 0 Å². The molecule has 574 valence electrons. The van der Waals surface area contributed by atoms with E-state index in [1.165, 1.54) is 93.8 Å². The van der Waals surface area contributed by atoms with Crippen molar-refractivity contribution in [2.24, 2.45) is 0 Å². The standard InChI is InChI=1S/C40H24N4S.C34H19N3OS.C34H19N3S2/c1-3-13-25(14-4-1)38-37-29-19-9-12-22-36(29)45-39(37)42-40(41-38)44-33-21-11-8-18-28(33)31-23-34-30(24-35(31)44)27-17-7-10-20-32(27)43(34)26-15-5-2-6-16-26;1-2-10-20(11-3-1)32-31-23-14-6-9-17-30(23)39-33(31)36-34(35-32)37-26-15-7-4-12-21(26)24-19-29-25(18-27(24)37)22-13-5-8-16-28(22)38-29;1-2-10-20(11-3-1)32-31-23-14-6-9-17-29(23)39-33(31)36-34(35-32)37-26-15-7-4-12-21(26)24-19-30-25(18-27(24)37)22-13-5-8-16-28(22)38-30/h1-24H;2*1-19H. The number of fused-ring (bicyclic) bond motifs is 27. The minimum Gasteiger partial charge on any atom is -0.456 e. The number of hydrogen-bond acceptors (Lipinski definition) is 11. The Bertz CT molecular complexity index is 8890. The van der Waals surface area contributed by atoms with Gasteiger partial charge >= 0.3 is 0 Å². The van der Waals surface area contributed by atoms with Gasteiger partial charge in [-0.1, -0.05) is 273 Å². The molecule has 12 aromatic heterocycles. The highest BCUT2D eigenvalue weighted by Crippen LogP contribution is 2.48. The Kier molecular flexibility index (Phi) is 15.6. The van der Waals surface area contributed by atoms with E-state index in [9.17, 15) is 0 Å². The van der Waals surface area contributed by atoms with E-state index in [0.29, 0.717) is 17.8 Å². The third-order valence-corrected chi connectivity index (χ3v) is 28.6. The van der Waals surface area contributed by atoms with Crippen molar-refractivity contribution < 1.29 is 4.42 Å². The lowest BCUT2D eigenvalue weighted by molar-refractivity contribution is 0.669. The quantitative estimate of drug-likeness (QED) is 0.156. The van der Waals surface area contributed by atoms with Crippen molar-refractivity contribution in [2.45, 2.75) is 0 Å². The van der Waals surface area contributed by atoms with Gasteiger partial charge in [-0.25, -0.2) is 29.9 Å². The molecule has 0 aliphatic heterocycles. The summed E-state index contributed by atoms with van der Waals surface area (Å²) < 4.78 is 21.6. The zero-order chi connectivity index (χ0) is 80.5. The summed E-state index contributed by atoms with van der Waals surface area (Å²) in [4.78, 5) is 34.8. The summed E-state index contributed by atoms with van der Waals surface area (Å²) >= 11 is 7.04. The minimum atomic E-state index is 0.672. The number of para-hydroxylation sites is 6. The molecule has 0 spiro atoms. The molecule has 0 amide bonds. The summed E-state index contributed by atoms with van der Waals surface area (Å²) in [6.07, 6.45) is 0. The second-order valence-corrected chi connectivity index (χ2v) is 35.3. The highest BCUT2D eigenvalue weighted by Gasteiger charge is 2.27. The number of aromatic nitrogens is 10. The van der Waals surface area contributed by atoms with E-state index >= 15 is 0 Å². The van der Waals surface area contributed by atoms with Crippen LogP contribution in [-0.4, -0.2) is 48.2 Å². The number of rotatable bonds is 7. The van der Waals surface area contributed by atoms with Crippen molar-refractivity contribution in [3.8, 4) is 57.3 Å². The molecule has 0 atom stereocenters. The first-order valence-electron chi connectivity index (χ1n) is 41.0. The van der Waals surface area contributed by atoms with Gasteiger partial charge in [0.05, 0.1) is 61.2 Å². The Balaban J connectivity index is 0.0000000993. The van der Waals surface area contributed by atoms with Gasteiger partial charge in [0.25, 0.3) is 0 Å². The maximum atomic E-state index is 6.25. The van der Waals surface area contributed by atoms with Crippen LogP contribution in [0.5, 0.6) is 0 Å². The topological polar surface area (TPSA) is 110 Å². The van der Waals surface area contributed by atoms with Crippen molar-refractivity contribution in [1.29, 1.82) is 0 Å². The Morgan fingerprint density at radius 1 is 0.187 bits per heavy atom. The fraction of sp³-hybridized carbons (Fsp3) is 0. The third-order valence-electron chi connectivity index (χ3n) is 24.2. The van der Waals surface area contributed by atoms with Crippen molar-refractivity contribution in [3.05, 3.63) is 376 Å². The van der Waals surface area contributed by atoms with Gasteiger partial charge in [-0.2, -0.15) is 0 Å². The van der Waals surface area contributed by atoms with Gasteiger partial charge in [0.15, 0.2) is 0 Å². The van der Waals surface area contributed by atoms with Crippen LogP contribution in [0.25, 0.3) is 248 Å². The van der Waals surface area contributed by atoms with E-state index in [2.05, 4.69) is 376 Å². The van der Waals surface area contributed by atoms with Gasteiger partial charge in [0.1, 0.15) is 25.7 Å². The summed E-state index contributed by atoms with van der Waals surface area (Å²) in [5.74, 6) is 2.06. The van der Waals surface area contributed by atoms with Crippen LogP contribution in [0, 0.1) is 0 Å². The predicted octanol–water partition coefficient (Wildman–Crippen LogP) is 30.2. The van der Waals surface area contributed by atoms with Crippen molar-refractivity contribution in [1.82, 2.24) is 48.2 Å². The molecule has 0 aliphatic carbocycles. The molecule has 0 bridgehead atoms. The SMILES string of the molecule is c1ccc(-c2nc(-n3c4ccccc4c4cc5c(cc43)c3ccccc3n5-c3ccccc3)nc3sc4ccccc4c23)cc1.c1ccc(-c2nc(-n3c4ccccc4c4cc5oc6ccccc6c5cc43)nc3sc4ccccc4c23)cc1.c1ccc(-c2nc(-n3c4ccccc4c4cc5sc6ccccc6c5cc43)nc3sc4ccccc4c23)cc1. The second kappa shape index (κ2) is 27.6. The van der Waals surface area contributed by atoms with E-state index in [0.717, 1.165) is 136 Å². The Morgan fingerprint density at radius 3 is 0.911 bits per heavy atom. The fourth-order valence-corrected chi connectivity index (χ4v) is 23.2. The predicted molar refractivity (Wildman–Crippen MR) is 519 cm³/mol. The summed E-state index contributed by atoms with van der Waals surface area (Å²) in [6.45, 7) is 0. The molecular weight excluding hydrogens is 1580 g/mol. The van der Waals surface area contributed by atoms with E-state index in [-0.39, 0.29) is 0 Å². The molecule has 0 saturated carbocycles. The zero-order valence-corrected chi connectivity index (χ0v) is 68.6. The molecule has 28 aromatic rings. The van der Waals surface area contributed by atoms with Crippen LogP contribution in [0.3, 0.4) is 0 Å². The van der Waals surface area contributed by atoms with E-state index in [1.54, 1.807) is 34.0 Å². The number of nitrogens with zero attached hydrogens (tertiary/aromatic N) is 10. The molecule has 0 saturated heterocycles. The second-order valence-electron chi connectivity index (χ2n) is 31.1. The van der Waals surface area contributed by atoms with Gasteiger partial charge in [0.2, 0.25) is 17.8 Å². The van der Waals surface area contributed by atoms with Crippen LogP contribution >= 0.6 is 45.3 Å². The molecule has 12 heterocycles. The Morgan fingerprint density at radius 2 is 0.488 bits per heavy atom. The molecule has 0 radical (unpaired) electrons. The number of furan rings is 1. The van der Waals surface area contributed by atoms with Crippen molar-refractivity contribution in [2.75, 3.05) is 0 Å². The molecule has 15 heteroatoms. The summed E-state index contributed by atoms with van der Waals surface area (Å²) in [7, 11) is 0. The van der Waals surface area contributed by atoms with Crippen LogP contribution in [-0.2, 0) is 0 Å². The van der Waals surface area contributed by atoms with Crippen LogP contribution < -0.4 is 0 Å². The van der Waals surface area contributed by atoms with E-state index < -0.39 is 0 Å². The van der Waals surface area contributed by atoms with Gasteiger partial charge in [0, 0.05) is 143 Å². The molecule has 16 aromatic carbocycles. The number of thiophene rings is 4.